The molecule has 3 nitrogen and oxygen atoms in total. The topological polar surface area (TPSA) is 47.0 Å². The standard InChI is InChI=1S/C26H21NO2/c1-16(28)14-26-15-23(29)17(2)24(26)21-13-19(18-7-4-3-5-8-18)10-11-20(21)25-22(26)9-6-12-27-25/h3-13H,14-15H2,1-2H3. The molecule has 1 unspecified atom stereocenters. The lowest BCUT2D eigenvalue weighted by Gasteiger charge is -2.38. The van der Waals surface area contributed by atoms with E-state index in [1.807, 2.05) is 37.3 Å². The van der Waals surface area contributed by atoms with Crippen LogP contribution >= 0.6 is 0 Å². The van der Waals surface area contributed by atoms with E-state index in [-0.39, 0.29) is 11.6 Å². The molecule has 142 valence electrons. The van der Waals surface area contributed by atoms with Crippen molar-refractivity contribution in [3.63, 3.8) is 0 Å². The normalized spacial score (nSPS) is 19.6. The van der Waals surface area contributed by atoms with Crippen LogP contribution in [-0.2, 0) is 15.0 Å². The third kappa shape index (κ3) is 2.54. The zero-order chi connectivity index (χ0) is 20.2. The molecule has 29 heavy (non-hydrogen) atoms. The Morgan fingerprint density at radius 1 is 1.00 bits per heavy atom. The Labute approximate surface area is 170 Å². The van der Waals surface area contributed by atoms with Gasteiger partial charge in [0, 0.05) is 30.0 Å². The fourth-order valence-corrected chi connectivity index (χ4v) is 5.13. The molecule has 0 bridgehead atoms. The summed E-state index contributed by atoms with van der Waals surface area (Å²) in [6, 6.07) is 20.5. The van der Waals surface area contributed by atoms with E-state index in [9.17, 15) is 9.59 Å². The highest BCUT2D eigenvalue weighted by Crippen LogP contribution is 2.58. The van der Waals surface area contributed by atoms with Crippen molar-refractivity contribution in [2.75, 3.05) is 0 Å². The van der Waals surface area contributed by atoms with Crippen molar-refractivity contribution >= 4 is 17.1 Å². The average Bonchev–Trinajstić information content (AvgIpc) is 2.98. The molecule has 0 amide bonds. The van der Waals surface area contributed by atoms with Crippen LogP contribution in [0.25, 0.3) is 28.0 Å². The average molecular weight is 379 g/mol. The second-order valence-corrected chi connectivity index (χ2v) is 8.09. The number of Topliss-reactive ketones (excluding diaryl/α,β-unsaturated/α-hetero) is 2. The summed E-state index contributed by atoms with van der Waals surface area (Å²) < 4.78 is 0. The summed E-state index contributed by atoms with van der Waals surface area (Å²) >= 11 is 0. The minimum absolute atomic E-state index is 0.0856. The van der Waals surface area contributed by atoms with Gasteiger partial charge in [0.15, 0.2) is 5.78 Å². The summed E-state index contributed by atoms with van der Waals surface area (Å²) in [7, 11) is 0. The van der Waals surface area contributed by atoms with Gasteiger partial charge in [-0.2, -0.15) is 0 Å². The van der Waals surface area contributed by atoms with Crippen LogP contribution < -0.4 is 0 Å². The van der Waals surface area contributed by atoms with Crippen LogP contribution in [-0.4, -0.2) is 16.6 Å². The van der Waals surface area contributed by atoms with Gasteiger partial charge in [-0.1, -0.05) is 48.5 Å². The Bertz CT molecular complexity index is 1210. The Morgan fingerprint density at radius 2 is 1.79 bits per heavy atom. The number of allylic oxidation sites excluding steroid dienone is 2. The molecule has 1 atom stereocenters. The van der Waals surface area contributed by atoms with E-state index in [2.05, 4.69) is 35.3 Å². The van der Waals surface area contributed by atoms with Gasteiger partial charge >= 0.3 is 0 Å². The first-order valence-corrected chi connectivity index (χ1v) is 9.91. The Balaban J connectivity index is 1.85. The van der Waals surface area contributed by atoms with Crippen molar-refractivity contribution in [1.82, 2.24) is 4.98 Å². The molecule has 3 heteroatoms. The molecule has 1 heterocycles. The van der Waals surface area contributed by atoms with Gasteiger partial charge in [-0.25, -0.2) is 0 Å². The molecule has 2 aliphatic rings. The van der Waals surface area contributed by atoms with Crippen LogP contribution in [0.15, 0.2) is 72.4 Å². The molecule has 0 aliphatic heterocycles. The highest BCUT2D eigenvalue weighted by molar-refractivity contribution is 6.14. The predicted molar refractivity (Wildman–Crippen MR) is 114 cm³/mol. The van der Waals surface area contributed by atoms with Crippen LogP contribution in [0.5, 0.6) is 0 Å². The fraction of sp³-hybridized carbons (Fsp3) is 0.192. The highest BCUT2D eigenvalue weighted by atomic mass is 16.1. The number of hydrogen-bond donors (Lipinski definition) is 0. The van der Waals surface area contributed by atoms with Crippen LogP contribution in [0.3, 0.4) is 0 Å². The van der Waals surface area contributed by atoms with Crippen LogP contribution in [0.1, 0.15) is 37.8 Å². The lowest BCUT2D eigenvalue weighted by atomic mass is 9.64. The van der Waals surface area contributed by atoms with Gasteiger partial charge in [-0.15, -0.1) is 0 Å². The van der Waals surface area contributed by atoms with Gasteiger partial charge in [0.2, 0.25) is 0 Å². The summed E-state index contributed by atoms with van der Waals surface area (Å²) in [6.45, 7) is 3.51. The first kappa shape index (κ1) is 17.7. The maximum absolute atomic E-state index is 12.9. The molecule has 1 aromatic heterocycles. The quantitative estimate of drug-likeness (QED) is 0.613. The molecule has 0 spiro atoms. The largest absolute Gasteiger partial charge is 0.300 e. The van der Waals surface area contributed by atoms with Crippen molar-refractivity contribution in [3.8, 4) is 22.4 Å². The van der Waals surface area contributed by atoms with E-state index in [1.165, 1.54) is 0 Å². The van der Waals surface area contributed by atoms with Crippen LogP contribution in [0.4, 0.5) is 0 Å². The minimum Gasteiger partial charge on any atom is -0.300 e. The van der Waals surface area contributed by atoms with Gasteiger partial charge in [0.05, 0.1) is 5.69 Å². The molecule has 0 saturated carbocycles. The Hall–Kier alpha value is -3.33. The van der Waals surface area contributed by atoms with E-state index < -0.39 is 5.41 Å². The molecule has 5 rings (SSSR count). The summed E-state index contributed by atoms with van der Waals surface area (Å²) in [5.74, 6) is 0.205. The summed E-state index contributed by atoms with van der Waals surface area (Å²) in [5, 5.41) is 0. The molecular formula is C26H21NO2. The summed E-state index contributed by atoms with van der Waals surface area (Å²) in [6.07, 6.45) is 2.44. The van der Waals surface area contributed by atoms with E-state index in [1.54, 1.807) is 13.1 Å². The van der Waals surface area contributed by atoms with Crippen molar-refractivity contribution < 1.29 is 9.59 Å². The number of hydrogen-bond acceptors (Lipinski definition) is 3. The van der Waals surface area contributed by atoms with E-state index >= 15 is 0 Å². The zero-order valence-electron chi connectivity index (χ0n) is 16.5. The Morgan fingerprint density at radius 3 is 2.55 bits per heavy atom. The number of aromatic nitrogens is 1. The van der Waals surface area contributed by atoms with Gasteiger partial charge in [0.1, 0.15) is 5.78 Å². The monoisotopic (exact) mass is 379 g/mol. The first-order chi connectivity index (χ1) is 14.0. The molecule has 2 aliphatic carbocycles. The predicted octanol–water partition coefficient (Wildman–Crippen LogP) is 5.39. The number of nitrogens with zero attached hydrogens (tertiary/aromatic N) is 1. The lowest BCUT2D eigenvalue weighted by Crippen LogP contribution is -2.32. The third-order valence-corrected chi connectivity index (χ3v) is 6.26. The molecular weight excluding hydrogens is 358 g/mol. The van der Waals surface area contributed by atoms with Gasteiger partial charge in [-0.3, -0.25) is 14.6 Å². The number of ketones is 2. The summed E-state index contributed by atoms with van der Waals surface area (Å²) in [5.41, 5.74) is 7.33. The molecule has 3 aromatic rings. The Kier molecular flexibility index (Phi) is 3.88. The SMILES string of the molecule is CC(=O)CC12CC(=O)C(C)=C1c1cc(-c3ccccc3)ccc1-c1ncccc12. The van der Waals surface area contributed by atoms with Gasteiger partial charge < -0.3 is 0 Å². The van der Waals surface area contributed by atoms with E-state index in [4.69, 9.17) is 0 Å². The number of pyridine rings is 1. The second-order valence-electron chi connectivity index (χ2n) is 8.09. The number of rotatable bonds is 3. The molecule has 0 radical (unpaired) electrons. The number of benzene rings is 2. The number of carbonyl (C=O) groups is 2. The zero-order valence-corrected chi connectivity index (χ0v) is 16.5. The van der Waals surface area contributed by atoms with Crippen molar-refractivity contribution in [2.45, 2.75) is 32.1 Å². The van der Waals surface area contributed by atoms with Crippen molar-refractivity contribution in [3.05, 3.63) is 83.6 Å². The van der Waals surface area contributed by atoms with Gasteiger partial charge in [0.25, 0.3) is 0 Å². The van der Waals surface area contributed by atoms with E-state index in [0.29, 0.717) is 12.8 Å². The number of fused-ring (bicyclic) bond motifs is 6. The molecule has 0 fully saturated rings. The number of carbonyl (C=O) groups excluding carboxylic acids is 2. The van der Waals surface area contributed by atoms with Crippen molar-refractivity contribution in [1.29, 1.82) is 0 Å². The fourth-order valence-electron chi connectivity index (χ4n) is 5.13. The lowest BCUT2D eigenvalue weighted by molar-refractivity contribution is -0.118. The van der Waals surface area contributed by atoms with E-state index in [0.717, 1.165) is 44.7 Å². The van der Waals surface area contributed by atoms with Crippen LogP contribution in [0.2, 0.25) is 0 Å². The van der Waals surface area contributed by atoms with Crippen molar-refractivity contribution in [2.24, 2.45) is 0 Å². The second kappa shape index (κ2) is 6.35. The van der Waals surface area contributed by atoms with Crippen LogP contribution in [0, 0.1) is 0 Å². The molecule has 0 saturated heterocycles. The minimum atomic E-state index is -0.612. The maximum atomic E-state index is 12.9. The summed E-state index contributed by atoms with van der Waals surface area (Å²) in [4.78, 5) is 29.9. The van der Waals surface area contributed by atoms with Gasteiger partial charge in [-0.05, 0) is 59.4 Å². The maximum Gasteiger partial charge on any atom is 0.160 e. The highest BCUT2D eigenvalue weighted by Gasteiger charge is 2.51. The smallest absolute Gasteiger partial charge is 0.160 e. The molecule has 0 N–H and O–H groups in total. The molecule has 2 aromatic carbocycles. The first-order valence-electron chi connectivity index (χ1n) is 9.91. The third-order valence-electron chi connectivity index (χ3n) is 6.26.